The SMILES string of the molecule is [2H]C([2H])([2H])NC(=O)c1nnc(NC(=O)C2CC2)cc1Nc1cc(F)cc(-c2ncccn2)c1OC. The van der Waals surface area contributed by atoms with E-state index >= 15 is 0 Å². The molecule has 0 radical (unpaired) electrons. The number of halogens is 1. The monoisotopic (exact) mass is 440 g/mol. The number of hydrogen-bond donors (Lipinski definition) is 3. The van der Waals surface area contributed by atoms with Gasteiger partial charge in [0.25, 0.3) is 5.91 Å². The van der Waals surface area contributed by atoms with Gasteiger partial charge in [0.2, 0.25) is 5.91 Å². The number of carbonyl (C=O) groups is 2. The highest BCUT2D eigenvalue weighted by atomic mass is 19.1. The molecule has 0 bridgehead atoms. The zero-order valence-electron chi connectivity index (χ0n) is 19.8. The summed E-state index contributed by atoms with van der Waals surface area (Å²) in [5, 5.41) is 14.9. The third-order valence-electron chi connectivity index (χ3n) is 4.66. The molecule has 0 saturated heterocycles. The van der Waals surface area contributed by atoms with Crippen molar-refractivity contribution in [3.63, 3.8) is 0 Å². The maximum atomic E-state index is 14.6. The Morgan fingerprint density at radius 2 is 1.94 bits per heavy atom. The molecule has 0 aliphatic heterocycles. The summed E-state index contributed by atoms with van der Waals surface area (Å²) in [5.41, 5.74) is -0.134. The first-order chi connectivity index (χ1) is 16.6. The number of ether oxygens (including phenoxy) is 1. The van der Waals surface area contributed by atoms with Gasteiger partial charge in [-0.05, 0) is 25.0 Å². The van der Waals surface area contributed by atoms with Gasteiger partial charge in [-0.3, -0.25) is 9.59 Å². The summed E-state index contributed by atoms with van der Waals surface area (Å²) in [6.07, 6.45) is 4.49. The summed E-state index contributed by atoms with van der Waals surface area (Å²) < 4.78 is 41.9. The number of nitrogens with one attached hydrogen (secondary N) is 3. The van der Waals surface area contributed by atoms with Gasteiger partial charge in [0.15, 0.2) is 23.1 Å². The average Bonchev–Trinajstić information content (AvgIpc) is 3.64. The smallest absolute Gasteiger partial charge is 0.273 e. The van der Waals surface area contributed by atoms with Gasteiger partial charge in [-0.25, -0.2) is 14.4 Å². The fourth-order valence-electron chi connectivity index (χ4n) is 3.00. The van der Waals surface area contributed by atoms with Crippen LogP contribution in [0.1, 0.15) is 27.4 Å². The lowest BCUT2D eigenvalue weighted by Crippen LogP contribution is -2.22. The number of rotatable bonds is 7. The second-order valence-electron chi connectivity index (χ2n) is 6.94. The molecular weight excluding hydrogens is 417 g/mol. The molecule has 3 aromatic rings. The molecule has 2 heterocycles. The third kappa shape index (κ3) is 4.46. The van der Waals surface area contributed by atoms with E-state index in [9.17, 15) is 14.0 Å². The number of nitrogens with zero attached hydrogens (tertiary/aromatic N) is 4. The van der Waals surface area contributed by atoms with Gasteiger partial charge >= 0.3 is 0 Å². The van der Waals surface area contributed by atoms with E-state index in [1.807, 2.05) is 5.32 Å². The molecule has 0 unspecified atom stereocenters. The van der Waals surface area contributed by atoms with Crippen molar-refractivity contribution >= 4 is 29.0 Å². The zero-order chi connectivity index (χ0) is 25.2. The normalized spacial score (nSPS) is 14.5. The molecule has 11 heteroatoms. The molecule has 2 amide bonds. The van der Waals surface area contributed by atoms with Crippen molar-refractivity contribution in [2.24, 2.45) is 5.92 Å². The number of aromatic nitrogens is 4. The molecule has 1 saturated carbocycles. The molecule has 32 heavy (non-hydrogen) atoms. The van der Waals surface area contributed by atoms with Gasteiger partial charge in [-0.2, -0.15) is 0 Å². The highest BCUT2D eigenvalue weighted by molar-refractivity contribution is 6.00. The maximum absolute atomic E-state index is 14.6. The average molecular weight is 440 g/mol. The molecule has 0 atom stereocenters. The number of methoxy groups -OCH3 is 1. The van der Waals surface area contributed by atoms with E-state index in [2.05, 4.69) is 30.8 Å². The number of hydrogen-bond acceptors (Lipinski definition) is 8. The minimum atomic E-state index is -2.79. The van der Waals surface area contributed by atoms with E-state index < -0.39 is 24.4 Å². The van der Waals surface area contributed by atoms with Crippen molar-refractivity contribution < 1.29 is 22.8 Å². The molecule has 2 aromatic heterocycles. The Labute approximate surface area is 186 Å². The summed E-state index contributed by atoms with van der Waals surface area (Å²) in [7, 11) is 1.36. The first kappa shape index (κ1) is 17.5. The molecule has 164 valence electrons. The van der Waals surface area contributed by atoms with Gasteiger partial charge in [0.1, 0.15) is 5.82 Å². The molecule has 1 aromatic carbocycles. The van der Waals surface area contributed by atoms with Crippen LogP contribution in [0.3, 0.4) is 0 Å². The second kappa shape index (κ2) is 8.92. The Hall–Kier alpha value is -4.15. The number of benzene rings is 1. The molecular formula is C21H20FN7O3. The van der Waals surface area contributed by atoms with Crippen molar-refractivity contribution in [1.82, 2.24) is 25.5 Å². The third-order valence-corrected chi connectivity index (χ3v) is 4.66. The van der Waals surface area contributed by atoms with Crippen molar-refractivity contribution in [2.75, 3.05) is 24.7 Å². The van der Waals surface area contributed by atoms with E-state index in [4.69, 9.17) is 8.85 Å². The van der Waals surface area contributed by atoms with Crippen LogP contribution in [0.4, 0.5) is 21.6 Å². The summed E-state index contributed by atoms with van der Waals surface area (Å²) in [5.74, 6) is -1.72. The summed E-state index contributed by atoms with van der Waals surface area (Å²) in [6, 6.07) is 5.20. The second-order valence-corrected chi connectivity index (χ2v) is 6.94. The van der Waals surface area contributed by atoms with Crippen LogP contribution in [0, 0.1) is 11.7 Å². The van der Waals surface area contributed by atoms with Crippen molar-refractivity contribution in [2.45, 2.75) is 12.8 Å². The van der Waals surface area contributed by atoms with E-state index in [1.54, 1.807) is 6.07 Å². The van der Waals surface area contributed by atoms with Gasteiger partial charge < -0.3 is 20.7 Å². The summed E-state index contributed by atoms with van der Waals surface area (Å²) in [6.45, 7) is -2.79. The highest BCUT2D eigenvalue weighted by Gasteiger charge is 2.30. The Kier molecular flexibility index (Phi) is 4.88. The van der Waals surface area contributed by atoms with Gasteiger partial charge in [0, 0.05) is 41.5 Å². The fourth-order valence-corrected chi connectivity index (χ4v) is 3.00. The Bertz CT molecular complexity index is 1270. The lowest BCUT2D eigenvalue weighted by Gasteiger charge is -2.17. The molecule has 4 rings (SSSR count). The zero-order valence-corrected chi connectivity index (χ0v) is 16.8. The highest BCUT2D eigenvalue weighted by Crippen LogP contribution is 2.38. The van der Waals surface area contributed by atoms with Crippen LogP contribution >= 0.6 is 0 Å². The lowest BCUT2D eigenvalue weighted by atomic mass is 10.1. The Morgan fingerprint density at radius 3 is 2.62 bits per heavy atom. The van der Waals surface area contributed by atoms with Crippen molar-refractivity contribution in [1.29, 1.82) is 0 Å². The van der Waals surface area contributed by atoms with E-state index in [-0.39, 0.29) is 46.2 Å². The van der Waals surface area contributed by atoms with Crippen molar-refractivity contribution in [3.05, 3.63) is 48.2 Å². The van der Waals surface area contributed by atoms with Crippen LogP contribution in [-0.2, 0) is 4.79 Å². The molecule has 1 aliphatic rings. The predicted molar refractivity (Wildman–Crippen MR) is 114 cm³/mol. The summed E-state index contributed by atoms with van der Waals surface area (Å²) in [4.78, 5) is 33.0. The van der Waals surface area contributed by atoms with E-state index in [0.717, 1.165) is 18.9 Å². The van der Waals surface area contributed by atoms with Crippen molar-refractivity contribution in [3.8, 4) is 17.1 Å². The fraction of sp³-hybridized carbons (Fsp3) is 0.238. The van der Waals surface area contributed by atoms with E-state index in [1.165, 1.54) is 31.6 Å². The largest absolute Gasteiger partial charge is 0.494 e. The first-order valence-electron chi connectivity index (χ1n) is 11.1. The predicted octanol–water partition coefficient (Wildman–Crippen LogP) is 2.53. The first-order valence-corrected chi connectivity index (χ1v) is 9.57. The molecule has 3 N–H and O–H groups in total. The Morgan fingerprint density at radius 1 is 1.16 bits per heavy atom. The van der Waals surface area contributed by atoms with Crippen LogP contribution in [-0.4, -0.2) is 46.1 Å². The lowest BCUT2D eigenvalue weighted by molar-refractivity contribution is -0.117. The van der Waals surface area contributed by atoms with Crippen LogP contribution in [0.5, 0.6) is 5.75 Å². The maximum Gasteiger partial charge on any atom is 0.273 e. The molecule has 10 nitrogen and oxygen atoms in total. The van der Waals surface area contributed by atoms with Gasteiger partial charge in [-0.1, -0.05) is 0 Å². The minimum Gasteiger partial charge on any atom is -0.494 e. The van der Waals surface area contributed by atoms with Crippen LogP contribution in [0.2, 0.25) is 0 Å². The minimum absolute atomic E-state index is 0.0248. The number of anilines is 3. The number of amides is 2. The number of carbonyl (C=O) groups excluding carboxylic acids is 2. The molecule has 1 aliphatic carbocycles. The van der Waals surface area contributed by atoms with E-state index in [0.29, 0.717) is 0 Å². The quantitative estimate of drug-likeness (QED) is 0.511. The topological polar surface area (TPSA) is 131 Å². The Balaban J connectivity index is 1.76. The molecule has 0 spiro atoms. The van der Waals surface area contributed by atoms with Crippen LogP contribution in [0.25, 0.3) is 11.4 Å². The van der Waals surface area contributed by atoms with Gasteiger partial charge in [0.05, 0.1) is 24.0 Å². The standard InChI is InChI=1S/C21H20FN7O3/c1-23-21(31)17-14(10-16(28-29-17)27-20(30)11-4-5-11)26-15-9-12(22)8-13(18(15)32-2)19-24-6-3-7-25-19/h3,6-11H,4-5H2,1-2H3,(H,23,31)(H2,26,27,28,30)/i1D3. The van der Waals surface area contributed by atoms with Crippen LogP contribution in [0.15, 0.2) is 36.7 Å². The van der Waals surface area contributed by atoms with Crippen LogP contribution < -0.4 is 20.7 Å². The molecule has 1 fully saturated rings. The summed E-state index contributed by atoms with van der Waals surface area (Å²) >= 11 is 0. The van der Waals surface area contributed by atoms with Gasteiger partial charge in [-0.15, -0.1) is 10.2 Å².